The standard InChI is InChI=1S/C17H24N2O3/c1-18-12-9-15-13(11-5-7-19(2)8-6-11)3-4-14(17(20)21)16(15)22-10-12/h3-4,11-12,18H,5-10H2,1-2H3,(H,20,21). The summed E-state index contributed by atoms with van der Waals surface area (Å²) in [7, 11) is 4.08. The number of carbonyl (C=O) groups is 1. The molecule has 1 atom stereocenters. The van der Waals surface area contributed by atoms with Gasteiger partial charge in [0.25, 0.3) is 0 Å². The van der Waals surface area contributed by atoms with Crippen LogP contribution in [0.3, 0.4) is 0 Å². The Balaban J connectivity index is 1.98. The fourth-order valence-corrected chi connectivity index (χ4v) is 3.56. The Bertz CT molecular complexity index is 565. The van der Waals surface area contributed by atoms with Crippen LogP contribution in [0.15, 0.2) is 12.1 Å². The first-order chi connectivity index (χ1) is 10.6. The molecule has 22 heavy (non-hydrogen) atoms. The maximum atomic E-state index is 11.5. The third-order valence-electron chi connectivity index (χ3n) is 4.97. The molecule has 0 spiro atoms. The maximum absolute atomic E-state index is 11.5. The molecule has 2 aliphatic rings. The fraction of sp³-hybridized carbons (Fsp3) is 0.588. The average molecular weight is 304 g/mol. The molecule has 1 aromatic carbocycles. The lowest BCUT2D eigenvalue weighted by molar-refractivity contribution is 0.0690. The number of hydrogen-bond acceptors (Lipinski definition) is 4. The maximum Gasteiger partial charge on any atom is 0.339 e. The van der Waals surface area contributed by atoms with Crippen LogP contribution in [-0.4, -0.2) is 55.8 Å². The topological polar surface area (TPSA) is 61.8 Å². The lowest BCUT2D eigenvalue weighted by atomic mass is 9.83. The number of likely N-dealkylation sites (tertiary alicyclic amines) is 1. The molecule has 3 rings (SSSR count). The summed E-state index contributed by atoms with van der Waals surface area (Å²) in [6, 6.07) is 3.98. The Labute approximate surface area is 131 Å². The molecule has 0 saturated carbocycles. The van der Waals surface area contributed by atoms with Crippen LogP contribution in [-0.2, 0) is 6.42 Å². The Morgan fingerprint density at radius 1 is 1.36 bits per heavy atom. The van der Waals surface area contributed by atoms with E-state index in [2.05, 4.69) is 17.3 Å². The zero-order chi connectivity index (χ0) is 15.7. The van der Waals surface area contributed by atoms with Crippen LogP contribution in [0.1, 0.15) is 40.2 Å². The van der Waals surface area contributed by atoms with Gasteiger partial charge in [0, 0.05) is 11.6 Å². The summed E-state index contributed by atoms with van der Waals surface area (Å²) in [5.41, 5.74) is 2.68. The highest BCUT2D eigenvalue weighted by Gasteiger charge is 2.29. The minimum absolute atomic E-state index is 0.251. The summed E-state index contributed by atoms with van der Waals surface area (Å²) in [6.45, 7) is 2.72. The van der Waals surface area contributed by atoms with Crippen molar-refractivity contribution in [1.29, 1.82) is 0 Å². The molecule has 1 fully saturated rings. The highest BCUT2D eigenvalue weighted by Crippen LogP contribution is 2.38. The zero-order valence-corrected chi connectivity index (χ0v) is 13.3. The normalized spacial score (nSPS) is 22.9. The monoisotopic (exact) mass is 304 g/mol. The van der Waals surface area contributed by atoms with E-state index in [4.69, 9.17) is 4.74 Å². The first-order valence-electron chi connectivity index (χ1n) is 7.97. The molecule has 5 nitrogen and oxygen atoms in total. The number of nitrogens with zero attached hydrogens (tertiary/aromatic N) is 1. The predicted octanol–water partition coefficient (Wildman–Crippen LogP) is 1.72. The van der Waals surface area contributed by atoms with Crippen molar-refractivity contribution in [3.8, 4) is 5.75 Å². The first-order valence-corrected chi connectivity index (χ1v) is 7.97. The number of piperidine rings is 1. The molecule has 0 bridgehead atoms. The number of likely N-dealkylation sites (N-methyl/N-ethyl adjacent to an activating group) is 1. The van der Waals surface area contributed by atoms with Gasteiger partial charge in [-0.25, -0.2) is 4.79 Å². The van der Waals surface area contributed by atoms with Crippen LogP contribution < -0.4 is 10.1 Å². The minimum Gasteiger partial charge on any atom is -0.491 e. The molecule has 1 unspecified atom stereocenters. The molecule has 2 heterocycles. The molecule has 1 saturated heterocycles. The van der Waals surface area contributed by atoms with Gasteiger partial charge >= 0.3 is 5.97 Å². The number of carboxylic acids is 1. The highest BCUT2D eigenvalue weighted by molar-refractivity contribution is 5.91. The Morgan fingerprint density at radius 3 is 2.73 bits per heavy atom. The lowest BCUT2D eigenvalue weighted by Crippen LogP contribution is -2.38. The van der Waals surface area contributed by atoms with E-state index in [9.17, 15) is 9.90 Å². The van der Waals surface area contributed by atoms with E-state index in [1.807, 2.05) is 13.1 Å². The molecule has 0 radical (unpaired) electrons. The molecule has 2 aliphatic heterocycles. The minimum atomic E-state index is -0.908. The number of ether oxygens (including phenoxy) is 1. The van der Waals surface area contributed by atoms with Crippen LogP contribution in [0.5, 0.6) is 5.75 Å². The largest absolute Gasteiger partial charge is 0.491 e. The van der Waals surface area contributed by atoms with Gasteiger partial charge in [-0.1, -0.05) is 6.07 Å². The van der Waals surface area contributed by atoms with Crippen molar-refractivity contribution >= 4 is 5.97 Å². The van der Waals surface area contributed by atoms with Crippen molar-refractivity contribution in [2.45, 2.75) is 31.2 Å². The van der Waals surface area contributed by atoms with Gasteiger partial charge in [0.1, 0.15) is 17.9 Å². The molecule has 0 aliphatic carbocycles. The fourth-order valence-electron chi connectivity index (χ4n) is 3.56. The lowest BCUT2D eigenvalue weighted by Gasteiger charge is -2.33. The molecular weight excluding hydrogens is 280 g/mol. The van der Waals surface area contributed by atoms with Gasteiger partial charge in [0.15, 0.2) is 0 Å². The van der Waals surface area contributed by atoms with Crippen molar-refractivity contribution in [3.05, 3.63) is 28.8 Å². The van der Waals surface area contributed by atoms with Crippen LogP contribution in [0, 0.1) is 0 Å². The van der Waals surface area contributed by atoms with Gasteiger partial charge in [0.2, 0.25) is 0 Å². The molecule has 1 aromatic rings. The number of fused-ring (bicyclic) bond motifs is 1. The zero-order valence-electron chi connectivity index (χ0n) is 13.3. The second-order valence-electron chi connectivity index (χ2n) is 6.39. The number of aromatic carboxylic acids is 1. The van der Waals surface area contributed by atoms with Gasteiger partial charge in [-0.2, -0.15) is 0 Å². The van der Waals surface area contributed by atoms with E-state index >= 15 is 0 Å². The van der Waals surface area contributed by atoms with E-state index in [0.29, 0.717) is 23.8 Å². The first kappa shape index (κ1) is 15.3. The Hall–Kier alpha value is -1.59. The van der Waals surface area contributed by atoms with Crippen LogP contribution in [0.25, 0.3) is 0 Å². The highest BCUT2D eigenvalue weighted by atomic mass is 16.5. The Kier molecular flexibility index (Phi) is 4.36. The summed E-state index contributed by atoms with van der Waals surface area (Å²) in [5, 5.41) is 12.6. The Morgan fingerprint density at radius 2 is 2.09 bits per heavy atom. The van der Waals surface area contributed by atoms with E-state index < -0.39 is 5.97 Å². The third kappa shape index (κ3) is 2.83. The van der Waals surface area contributed by atoms with E-state index in [1.165, 1.54) is 5.56 Å². The van der Waals surface area contributed by atoms with Crippen molar-refractivity contribution < 1.29 is 14.6 Å². The molecule has 2 N–H and O–H groups in total. The summed E-state index contributed by atoms with van der Waals surface area (Å²) >= 11 is 0. The summed E-state index contributed by atoms with van der Waals surface area (Å²) < 4.78 is 5.82. The molecule has 120 valence electrons. The summed E-state index contributed by atoms with van der Waals surface area (Å²) in [6.07, 6.45) is 3.09. The smallest absolute Gasteiger partial charge is 0.339 e. The van der Waals surface area contributed by atoms with Gasteiger partial charge in [0.05, 0.1) is 0 Å². The van der Waals surface area contributed by atoms with Crippen molar-refractivity contribution in [3.63, 3.8) is 0 Å². The van der Waals surface area contributed by atoms with Gasteiger partial charge < -0.3 is 20.1 Å². The molecule has 5 heteroatoms. The van der Waals surface area contributed by atoms with Gasteiger partial charge in [-0.15, -0.1) is 0 Å². The van der Waals surface area contributed by atoms with E-state index in [1.54, 1.807) is 6.07 Å². The van der Waals surface area contributed by atoms with Crippen LogP contribution in [0.2, 0.25) is 0 Å². The van der Waals surface area contributed by atoms with Crippen LogP contribution in [0.4, 0.5) is 0 Å². The van der Waals surface area contributed by atoms with E-state index in [0.717, 1.165) is 37.9 Å². The van der Waals surface area contributed by atoms with Gasteiger partial charge in [-0.05, 0) is 64.0 Å². The van der Waals surface area contributed by atoms with Crippen molar-refractivity contribution in [1.82, 2.24) is 10.2 Å². The van der Waals surface area contributed by atoms with Crippen molar-refractivity contribution in [2.75, 3.05) is 33.8 Å². The second kappa shape index (κ2) is 6.26. The quantitative estimate of drug-likeness (QED) is 0.890. The number of hydrogen-bond donors (Lipinski definition) is 2. The molecule has 0 amide bonds. The number of rotatable bonds is 3. The average Bonchev–Trinajstić information content (AvgIpc) is 2.54. The summed E-state index contributed by atoms with van der Waals surface area (Å²) in [5.74, 6) is 0.191. The van der Waals surface area contributed by atoms with Crippen molar-refractivity contribution in [2.24, 2.45) is 0 Å². The van der Waals surface area contributed by atoms with E-state index in [-0.39, 0.29) is 6.04 Å². The van der Waals surface area contributed by atoms with Crippen LogP contribution >= 0.6 is 0 Å². The number of benzene rings is 1. The second-order valence-corrected chi connectivity index (χ2v) is 6.39. The predicted molar refractivity (Wildman–Crippen MR) is 84.9 cm³/mol. The van der Waals surface area contributed by atoms with Gasteiger partial charge in [-0.3, -0.25) is 0 Å². The molecular formula is C17H24N2O3. The number of carboxylic acid groups (broad SMARTS) is 1. The SMILES string of the molecule is CNC1COc2c(C(=O)O)ccc(C3CCN(C)CC3)c2C1. The number of nitrogens with one attached hydrogen (secondary N) is 1. The summed E-state index contributed by atoms with van der Waals surface area (Å²) in [4.78, 5) is 13.8. The molecule has 0 aromatic heterocycles. The third-order valence-corrected chi connectivity index (χ3v) is 4.97.